The highest BCUT2D eigenvalue weighted by molar-refractivity contribution is 7.47. The summed E-state index contributed by atoms with van der Waals surface area (Å²) in [5, 5.41) is 10.6. The number of unbranched alkanes of at least 4 members (excludes halogenated alkanes) is 44. The van der Waals surface area contributed by atoms with E-state index >= 15 is 0 Å². The number of aliphatic hydroxyl groups excluding tert-OH is 1. The smallest absolute Gasteiger partial charge is 0.462 e. The Hall–Kier alpha value is -1.94. The Balaban J connectivity index is 5.23. The van der Waals surface area contributed by atoms with Gasteiger partial charge in [0.15, 0.2) is 12.2 Å². The fourth-order valence-electron chi connectivity index (χ4n) is 12.0. The highest BCUT2D eigenvalue weighted by atomic mass is 31.2. The maximum Gasteiger partial charge on any atom is 0.472 e. The van der Waals surface area contributed by atoms with Gasteiger partial charge < -0.3 is 33.8 Å². The van der Waals surface area contributed by atoms with Crippen molar-refractivity contribution in [3.63, 3.8) is 0 Å². The van der Waals surface area contributed by atoms with E-state index in [2.05, 4.69) is 48.5 Å². The number of ether oxygens (including phenoxy) is 4. The molecule has 0 aliphatic rings. The monoisotopic (exact) mass is 1420 g/mol. The summed E-state index contributed by atoms with van der Waals surface area (Å²) in [7, 11) is -9.91. The van der Waals surface area contributed by atoms with Crippen LogP contribution in [0.5, 0.6) is 0 Å². The van der Waals surface area contributed by atoms with Gasteiger partial charge in [-0.3, -0.25) is 37.3 Å². The van der Waals surface area contributed by atoms with Gasteiger partial charge in [-0.2, -0.15) is 0 Å². The molecular formula is C78H152O17P2. The van der Waals surface area contributed by atoms with Crippen LogP contribution in [0.15, 0.2) is 0 Å². The Labute approximate surface area is 594 Å². The molecule has 576 valence electrons. The maximum atomic E-state index is 13.1. The summed E-state index contributed by atoms with van der Waals surface area (Å²) in [6, 6.07) is 0. The summed E-state index contributed by atoms with van der Waals surface area (Å²) in [6.45, 7) is 11.9. The molecule has 0 radical (unpaired) electrons. The molecule has 0 heterocycles. The van der Waals surface area contributed by atoms with Gasteiger partial charge in [-0.1, -0.05) is 350 Å². The van der Waals surface area contributed by atoms with Crippen LogP contribution in [0.1, 0.15) is 402 Å². The highest BCUT2D eigenvalue weighted by Gasteiger charge is 2.30. The topological polar surface area (TPSA) is 237 Å². The quantitative estimate of drug-likeness (QED) is 0.0222. The lowest BCUT2D eigenvalue weighted by Gasteiger charge is -2.21. The predicted octanol–water partition coefficient (Wildman–Crippen LogP) is 23.0. The summed E-state index contributed by atoms with van der Waals surface area (Å²) in [6.07, 6.45) is 55.5. The van der Waals surface area contributed by atoms with E-state index in [9.17, 15) is 43.2 Å². The van der Waals surface area contributed by atoms with Crippen LogP contribution < -0.4 is 0 Å². The van der Waals surface area contributed by atoms with Crippen LogP contribution >= 0.6 is 15.6 Å². The van der Waals surface area contributed by atoms with E-state index in [1.54, 1.807) is 0 Å². The molecule has 0 aromatic carbocycles. The summed E-state index contributed by atoms with van der Waals surface area (Å²) in [5.41, 5.74) is 0. The molecule has 19 heteroatoms. The third kappa shape index (κ3) is 72.2. The summed E-state index contributed by atoms with van der Waals surface area (Å²) < 4.78 is 68.6. The molecule has 5 atom stereocenters. The zero-order valence-electron chi connectivity index (χ0n) is 63.5. The fourth-order valence-corrected chi connectivity index (χ4v) is 13.5. The van der Waals surface area contributed by atoms with E-state index in [4.69, 9.17) is 37.0 Å². The Kier molecular flexibility index (Phi) is 67.1. The molecule has 97 heavy (non-hydrogen) atoms. The molecule has 0 spiro atoms. The molecule has 0 aliphatic carbocycles. The lowest BCUT2D eigenvalue weighted by molar-refractivity contribution is -0.161. The second-order valence-corrected chi connectivity index (χ2v) is 32.4. The van der Waals surface area contributed by atoms with Gasteiger partial charge in [0.2, 0.25) is 0 Å². The lowest BCUT2D eigenvalue weighted by Crippen LogP contribution is -2.30. The predicted molar refractivity (Wildman–Crippen MR) is 395 cm³/mol. The third-order valence-corrected chi connectivity index (χ3v) is 20.0. The molecule has 0 aromatic rings. The van der Waals surface area contributed by atoms with Crippen LogP contribution in [0.25, 0.3) is 0 Å². The lowest BCUT2D eigenvalue weighted by atomic mass is 10.0. The molecule has 0 rings (SSSR count). The molecule has 0 bridgehead atoms. The van der Waals surface area contributed by atoms with E-state index in [1.807, 2.05) is 0 Å². The highest BCUT2D eigenvalue weighted by Crippen LogP contribution is 2.45. The number of hydrogen-bond donors (Lipinski definition) is 3. The van der Waals surface area contributed by atoms with Crippen molar-refractivity contribution in [2.24, 2.45) is 17.8 Å². The van der Waals surface area contributed by atoms with Crippen molar-refractivity contribution < 1.29 is 80.2 Å². The molecule has 0 aliphatic heterocycles. The second-order valence-electron chi connectivity index (χ2n) is 29.5. The van der Waals surface area contributed by atoms with Crippen LogP contribution in [0.2, 0.25) is 0 Å². The first kappa shape index (κ1) is 95.1. The van der Waals surface area contributed by atoms with Crippen molar-refractivity contribution in [1.82, 2.24) is 0 Å². The minimum Gasteiger partial charge on any atom is -0.462 e. The standard InChI is InChI=1S/C78H152O17P2/c1-8-9-10-11-12-28-38-45-52-59-75(80)88-65-73(95-78(83)62-55-48-41-34-27-26-31-37-44-51-58-71(6)7)67-92-96(84,85)90-63-72(79)64-91-97(86,87)93-68-74(66-89-76(81)60-53-46-39-32-24-20-17-16-19-23-30-36-43-50-57-70(4)5)94-77(82)61-54-47-40-33-25-21-15-13-14-18-22-29-35-42-49-56-69(2)3/h69-74,79H,8-68H2,1-7H3,(H,84,85)(H,86,87)/t72-,73+,74+/m0/s1. The number of aliphatic hydroxyl groups is 1. The number of carbonyl (C=O) groups excluding carboxylic acids is 4. The molecule has 0 fully saturated rings. The van der Waals surface area contributed by atoms with Gasteiger partial charge in [-0.05, 0) is 43.4 Å². The molecule has 2 unspecified atom stereocenters. The SMILES string of the molecule is CCCCCCCCCCCC(=O)OC[C@H](COP(=O)(O)OC[C@H](O)COP(=O)(O)OC[C@@H](COC(=O)CCCCCCCCCCCCCCCCC(C)C)OC(=O)CCCCCCCCCCCCCCCCCC(C)C)OC(=O)CCCCCCCCCCCCC(C)C. The summed E-state index contributed by atoms with van der Waals surface area (Å²) >= 11 is 0. The van der Waals surface area contributed by atoms with E-state index < -0.39 is 97.5 Å². The molecule has 0 amide bonds. The largest absolute Gasteiger partial charge is 0.472 e. The number of rotatable bonds is 76. The third-order valence-electron chi connectivity index (χ3n) is 18.1. The van der Waals surface area contributed by atoms with Gasteiger partial charge in [0.05, 0.1) is 26.4 Å². The molecule has 0 saturated carbocycles. The van der Waals surface area contributed by atoms with Crippen LogP contribution in [0.3, 0.4) is 0 Å². The number of hydrogen-bond acceptors (Lipinski definition) is 15. The van der Waals surface area contributed by atoms with Crippen molar-refractivity contribution in [3.8, 4) is 0 Å². The average molecular weight is 1420 g/mol. The van der Waals surface area contributed by atoms with Gasteiger partial charge in [-0.15, -0.1) is 0 Å². The van der Waals surface area contributed by atoms with Crippen LogP contribution in [0, 0.1) is 17.8 Å². The fraction of sp³-hybridized carbons (Fsp3) is 0.949. The van der Waals surface area contributed by atoms with Crippen molar-refractivity contribution in [3.05, 3.63) is 0 Å². The Bertz CT molecular complexity index is 1890. The van der Waals surface area contributed by atoms with E-state index in [-0.39, 0.29) is 25.7 Å². The van der Waals surface area contributed by atoms with E-state index in [1.165, 1.54) is 212 Å². The van der Waals surface area contributed by atoms with Crippen molar-refractivity contribution in [2.45, 2.75) is 420 Å². The van der Waals surface area contributed by atoms with E-state index in [0.717, 1.165) is 108 Å². The van der Waals surface area contributed by atoms with Gasteiger partial charge >= 0.3 is 39.5 Å². The first-order chi connectivity index (χ1) is 46.7. The number of phosphoric ester groups is 2. The van der Waals surface area contributed by atoms with Gasteiger partial charge in [0.25, 0.3) is 0 Å². The van der Waals surface area contributed by atoms with Crippen LogP contribution in [0.4, 0.5) is 0 Å². The molecule has 17 nitrogen and oxygen atoms in total. The molecule has 0 aromatic heterocycles. The normalized spacial score (nSPS) is 14.0. The second kappa shape index (κ2) is 68.5. The molecule has 0 saturated heterocycles. The molecule has 3 N–H and O–H groups in total. The Morgan fingerprint density at radius 2 is 0.474 bits per heavy atom. The van der Waals surface area contributed by atoms with E-state index in [0.29, 0.717) is 25.7 Å². The zero-order chi connectivity index (χ0) is 71.6. The van der Waals surface area contributed by atoms with Crippen molar-refractivity contribution >= 4 is 39.5 Å². The average Bonchev–Trinajstić information content (AvgIpc) is 1.17. The zero-order valence-corrected chi connectivity index (χ0v) is 65.3. The maximum absolute atomic E-state index is 13.1. The number of carbonyl (C=O) groups is 4. The molecular weight excluding hydrogens is 1270 g/mol. The van der Waals surface area contributed by atoms with Crippen LogP contribution in [-0.2, 0) is 65.4 Å². The van der Waals surface area contributed by atoms with Crippen LogP contribution in [-0.4, -0.2) is 96.7 Å². The minimum atomic E-state index is -4.96. The number of esters is 4. The Morgan fingerprint density at radius 1 is 0.278 bits per heavy atom. The first-order valence-electron chi connectivity index (χ1n) is 40.3. The first-order valence-corrected chi connectivity index (χ1v) is 43.3. The van der Waals surface area contributed by atoms with Gasteiger partial charge in [0, 0.05) is 25.7 Å². The van der Waals surface area contributed by atoms with Gasteiger partial charge in [0.1, 0.15) is 19.3 Å². The summed E-state index contributed by atoms with van der Waals surface area (Å²) in [5.74, 6) is 0.238. The minimum absolute atomic E-state index is 0.106. The Morgan fingerprint density at radius 3 is 0.701 bits per heavy atom. The van der Waals surface area contributed by atoms with Gasteiger partial charge in [-0.25, -0.2) is 9.13 Å². The van der Waals surface area contributed by atoms with Crippen molar-refractivity contribution in [2.75, 3.05) is 39.6 Å². The summed E-state index contributed by atoms with van der Waals surface area (Å²) in [4.78, 5) is 72.9. The van der Waals surface area contributed by atoms with Crippen molar-refractivity contribution in [1.29, 1.82) is 0 Å². The number of phosphoric acid groups is 2.